The van der Waals surface area contributed by atoms with Gasteiger partial charge in [-0.05, 0) is 18.6 Å². The highest BCUT2D eigenvalue weighted by molar-refractivity contribution is 6.17. The fraction of sp³-hybridized carbons (Fsp3) is 0.312. The number of hydrogen-bond acceptors (Lipinski definition) is 6. The molecule has 132 valence electrons. The van der Waals surface area contributed by atoms with Crippen LogP contribution in [0.3, 0.4) is 0 Å². The van der Waals surface area contributed by atoms with Crippen molar-refractivity contribution in [1.29, 1.82) is 0 Å². The van der Waals surface area contributed by atoms with Gasteiger partial charge in [0, 0.05) is 30.2 Å². The SMILES string of the molecule is C=C(NNC(=O)c1ccncc1)C1C(=O)NC(=O)N(CCCC)C1=O. The van der Waals surface area contributed by atoms with Crippen molar-refractivity contribution in [2.24, 2.45) is 5.92 Å². The van der Waals surface area contributed by atoms with Crippen LogP contribution in [0.2, 0.25) is 0 Å². The van der Waals surface area contributed by atoms with E-state index in [9.17, 15) is 19.2 Å². The van der Waals surface area contributed by atoms with Gasteiger partial charge >= 0.3 is 6.03 Å². The van der Waals surface area contributed by atoms with Gasteiger partial charge in [0.05, 0.1) is 0 Å². The molecule has 1 unspecified atom stereocenters. The first-order valence-corrected chi connectivity index (χ1v) is 7.77. The Morgan fingerprint density at radius 1 is 1.28 bits per heavy atom. The molecule has 0 radical (unpaired) electrons. The third-order valence-electron chi connectivity index (χ3n) is 3.61. The van der Waals surface area contributed by atoms with Crippen molar-refractivity contribution < 1.29 is 19.2 Å². The van der Waals surface area contributed by atoms with Crippen LogP contribution in [0.25, 0.3) is 0 Å². The third-order valence-corrected chi connectivity index (χ3v) is 3.61. The molecule has 0 aromatic carbocycles. The van der Waals surface area contributed by atoms with Gasteiger partial charge in [-0.1, -0.05) is 19.9 Å². The largest absolute Gasteiger partial charge is 0.330 e. The van der Waals surface area contributed by atoms with Gasteiger partial charge in [0.25, 0.3) is 5.91 Å². The lowest BCUT2D eigenvalue weighted by atomic mass is 10.0. The van der Waals surface area contributed by atoms with Gasteiger partial charge in [-0.25, -0.2) is 4.79 Å². The first kappa shape index (κ1) is 18.1. The van der Waals surface area contributed by atoms with E-state index >= 15 is 0 Å². The maximum absolute atomic E-state index is 12.4. The van der Waals surface area contributed by atoms with Crippen molar-refractivity contribution in [2.75, 3.05) is 6.54 Å². The lowest BCUT2D eigenvalue weighted by Gasteiger charge is -2.31. The van der Waals surface area contributed by atoms with Crippen molar-refractivity contribution in [2.45, 2.75) is 19.8 Å². The number of hydrazine groups is 1. The third kappa shape index (κ3) is 4.19. The van der Waals surface area contributed by atoms with E-state index in [0.717, 1.165) is 11.3 Å². The maximum Gasteiger partial charge on any atom is 0.330 e. The van der Waals surface area contributed by atoms with E-state index in [4.69, 9.17) is 0 Å². The van der Waals surface area contributed by atoms with Crippen LogP contribution in [0.15, 0.2) is 36.8 Å². The van der Waals surface area contributed by atoms with Crippen LogP contribution in [0.1, 0.15) is 30.1 Å². The number of rotatable bonds is 7. The van der Waals surface area contributed by atoms with Crippen LogP contribution in [-0.2, 0) is 9.59 Å². The molecular formula is C16H19N5O4. The molecule has 0 saturated carbocycles. The summed E-state index contributed by atoms with van der Waals surface area (Å²) in [7, 11) is 0. The Morgan fingerprint density at radius 3 is 2.60 bits per heavy atom. The van der Waals surface area contributed by atoms with Crippen LogP contribution < -0.4 is 16.2 Å². The second-order valence-electron chi connectivity index (χ2n) is 5.41. The molecule has 0 bridgehead atoms. The van der Waals surface area contributed by atoms with Crippen molar-refractivity contribution in [1.82, 2.24) is 26.1 Å². The molecule has 1 fully saturated rings. The summed E-state index contributed by atoms with van der Waals surface area (Å²) < 4.78 is 0. The molecule has 9 heteroatoms. The van der Waals surface area contributed by atoms with Crippen LogP contribution in [0.5, 0.6) is 0 Å². The number of carbonyl (C=O) groups excluding carboxylic acids is 4. The number of hydrogen-bond donors (Lipinski definition) is 3. The first-order chi connectivity index (χ1) is 12.0. The second-order valence-corrected chi connectivity index (χ2v) is 5.41. The fourth-order valence-corrected chi connectivity index (χ4v) is 2.23. The van der Waals surface area contributed by atoms with E-state index in [1.807, 2.05) is 6.92 Å². The van der Waals surface area contributed by atoms with Gasteiger partial charge in [-0.3, -0.25) is 35.0 Å². The molecule has 1 aliphatic rings. The summed E-state index contributed by atoms with van der Waals surface area (Å²) in [6.45, 7) is 5.76. The highest BCUT2D eigenvalue weighted by Gasteiger charge is 2.41. The molecular weight excluding hydrogens is 326 g/mol. The number of nitrogens with one attached hydrogen (secondary N) is 3. The number of urea groups is 1. The smallest absolute Gasteiger partial charge is 0.302 e. The average molecular weight is 345 g/mol. The summed E-state index contributed by atoms with van der Waals surface area (Å²) in [5.74, 6) is -3.23. The molecule has 2 heterocycles. The molecule has 3 N–H and O–H groups in total. The van der Waals surface area contributed by atoms with E-state index < -0.39 is 29.7 Å². The van der Waals surface area contributed by atoms with Gasteiger partial charge in [-0.15, -0.1) is 0 Å². The number of aromatic nitrogens is 1. The van der Waals surface area contributed by atoms with E-state index in [0.29, 0.717) is 12.0 Å². The molecule has 0 spiro atoms. The van der Waals surface area contributed by atoms with Crippen LogP contribution in [-0.4, -0.2) is 40.2 Å². The summed E-state index contributed by atoms with van der Waals surface area (Å²) in [6.07, 6.45) is 4.33. The predicted molar refractivity (Wildman–Crippen MR) is 87.6 cm³/mol. The number of carbonyl (C=O) groups is 4. The minimum atomic E-state index is -1.30. The van der Waals surface area contributed by atoms with Gasteiger partial charge in [0.15, 0.2) is 5.92 Å². The Morgan fingerprint density at radius 2 is 1.96 bits per heavy atom. The van der Waals surface area contributed by atoms with E-state index in [1.54, 1.807) is 0 Å². The van der Waals surface area contributed by atoms with Crippen LogP contribution >= 0.6 is 0 Å². The van der Waals surface area contributed by atoms with Crippen molar-refractivity contribution in [3.8, 4) is 0 Å². The molecule has 0 aliphatic carbocycles. The minimum Gasteiger partial charge on any atom is -0.302 e. The normalized spacial score (nSPS) is 17.1. The molecule has 5 amide bonds. The number of amides is 5. The van der Waals surface area contributed by atoms with Crippen molar-refractivity contribution >= 4 is 23.8 Å². The fourth-order valence-electron chi connectivity index (χ4n) is 2.23. The molecule has 2 rings (SSSR count). The van der Waals surface area contributed by atoms with Gasteiger partial charge in [0.1, 0.15) is 0 Å². The topological polar surface area (TPSA) is 120 Å². The van der Waals surface area contributed by atoms with Gasteiger partial charge in [0.2, 0.25) is 11.8 Å². The van der Waals surface area contributed by atoms with Crippen molar-refractivity contribution in [3.63, 3.8) is 0 Å². The summed E-state index contributed by atoms with van der Waals surface area (Å²) in [4.78, 5) is 53.0. The minimum absolute atomic E-state index is 0.0288. The van der Waals surface area contributed by atoms with Gasteiger partial charge in [-0.2, -0.15) is 0 Å². The van der Waals surface area contributed by atoms with Crippen LogP contribution in [0.4, 0.5) is 4.79 Å². The van der Waals surface area contributed by atoms with Gasteiger partial charge < -0.3 is 5.43 Å². The molecule has 1 saturated heterocycles. The standard InChI is InChI=1S/C16H19N5O4/c1-3-4-9-21-15(24)12(14(23)18-16(21)25)10(2)19-20-13(22)11-5-7-17-8-6-11/h5-8,12,19H,2-4,9H2,1H3,(H,20,22)(H,18,23,25). The molecule has 9 nitrogen and oxygen atoms in total. The second kappa shape index (κ2) is 8.04. The zero-order chi connectivity index (χ0) is 18.4. The zero-order valence-corrected chi connectivity index (χ0v) is 13.7. The molecule has 1 atom stereocenters. The highest BCUT2D eigenvalue weighted by atomic mass is 16.2. The summed E-state index contributed by atoms with van der Waals surface area (Å²) in [6, 6.07) is 2.26. The Balaban J connectivity index is 2.01. The zero-order valence-electron chi connectivity index (χ0n) is 13.7. The molecule has 1 aliphatic heterocycles. The Kier molecular flexibility index (Phi) is 5.83. The molecule has 25 heavy (non-hydrogen) atoms. The Hall–Kier alpha value is -3.23. The summed E-state index contributed by atoms with van der Waals surface area (Å²) in [5.41, 5.74) is 5.14. The summed E-state index contributed by atoms with van der Waals surface area (Å²) >= 11 is 0. The average Bonchev–Trinajstić information content (AvgIpc) is 2.60. The summed E-state index contributed by atoms with van der Waals surface area (Å²) in [5, 5.41) is 2.12. The number of imide groups is 2. The Bertz CT molecular complexity index is 704. The lowest BCUT2D eigenvalue weighted by Crippen LogP contribution is -2.60. The highest BCUT2D eigenvalue weighted by Crippen LogP contribution is 2.16. The quantitative estimate of drug-likeness (QED) is 0.484. The number of nitrogens with zero attached hydrogens (tertiary/aromatic N) is 2. The molecule has 1 aromatic rings. The van der Waals surface area contributed by atoms with E-state index in [-0.39, 0.29) is 12.2 Å². The Labute approximate surface area is 144 Å². The van der Waals surface area contributed by atoms with E-state index in [2.05, 4.69) is 27.7 Å². The first-order valence-electron chi connectivity index (χ1n) is 7.77. The monoisotopic (exact) mass is 345 g/mol. The van der Waals surface area contributed by atoms with Crippen molar-refractivity contribution in [3.05, 3.63) is 42.4 Å². The lowest BCUT2D eigenvalue weighted by molar-refractivity contribution is -0.141. The van der Waals surface area contributed by atoms with E-state index in [1.165, 1.54) is 24.5 Å². The number of unbranched alkanes of at least 4 members (excludes halogenated alkanes) is 1. The maximum atomic E-state index is 12.4. The predicted octanol–water partition coefficient (Wildman–Crippen LogP) is 0.324. The number of barbiturate groups is 1. The number of pyridine rings is 1. The molecule has 1 aromatic heterocycles. The van der Waals surface area contributed by atoms with Crippen LogP contribution in [0, 0.1) is 5.92 Å².